The highest BCUT2D eigenvalue weighted by atomic mass is 19.4. The van der Waals surface area contributed by atoms with Crippen molar-refractivity contribution in [3.05, 3.63) is 53.9 Å². The lowest BCUT2D eigenvalue weighted by atomic mass is 9.99. The molecule has 0 radical (unpaired) electrons. The molecule has 0 bridgehead atoms. The van der Waals surface area contributed by atoms with Gasteiger partial charge in [-0.2, -0.15) is 13.2 Å². The number of aliphatic hydroxyl groups is 1. The Hall–Kier alpha value is -2.15. The topological polar surface area (TPSA) is 58.0 Å². The fourth-order valence-electron chi connectivity index (χ4n) is 2.05. The molecule has 0 spiro atoms. The molecule has 0 amide bonds. The Morgan fingerprint density at radius 3 is 2.23 bits per heavy atom. The summed E-state index contributed by atoms with van der Waals surface area (Å²) in [5.74, 6) is 0.361. The smallest absolute Gasteiger partial charge is 0.386 e. The minimum absolute atomic E-state index is 0.361. The zero-order chi connectivity index (χ0) is 16.2. The third-order valence-corrected chi connectivity index (χ3v) is 3.28. The van der Waals surface area contributed by atoms with Gasteiger partial charge < -0.3 is 10.4 Å². The van der Waals surface area contributed by atoms with Gasteiger partial charge in [-0.05, 0) is 30.2 Å². The summed E-state index contributed by atoms with van der Waals surface area (Å²) >= 11 is 0. The maximum atomic E-state index is 12.5. The molecule has 1 aromatic carbocycles. The first-order valence-corrected chi connectivity index (χ1v) is 6.80. The third-order valence-electron chi connectivity index (χ3n) is 3.28. The number of hydrogen-bond donors (Lipinski definition) is 2. The van der Waals surface area contributed by atoms with Crippen LogP contribution in [0.1, 0.15) is 30.6 Å². The standard InChI is InChI=1S/C15H16F3N3O/c1-2-12(21-14-19-8-3-9-20-14)13(22)10-4-6-11(7-5-10)15(16,17)18/h3-9,12-13,22H,2H2,1H3,(H,19,20,21). The number of alkyl halides is 3. The predicted octanol–water partition coefficient (Wildman–Crippen LogP) is 3.42. The molecule has 0 aliphatic heterocycles. The highest BCUT2D eigenvalue weighted by molar-refractivity contribution is 5.30. The molecular weight excluding hydrogens is 295 g/mol. The van der Waals surface area contributed by atoms with Gasteiger partial charge in [0.15, 0.2) is 0 Å². The molecule has 2 aromatic rings. The van der Waals surface area contributed by atoms with Crippen LogP contribution in [0.25, 0.3) is 0 Å². The van der Waals surface area contributed by atoms with E-state index in [9.17, 15) is 18.3 Å². The number of rotatable bonds is 5. The van der Waals surface area contributed by atoms with Crippen molar-refractivity contribution < 1.29 is 18.3 Å². The molecule has 4 nitrogen and oxygen atoms in total. The number of hydrogen-bond acceptors (Lipinski definition) is 4. The summed E-state index contributed by atoms with van der Waals surface area (Å²) in [6, 6.07) is 5.75. The molecular formula is C15H16F3N3O. The molecule has 22 heavy (non-hydrogen) atoms. The number of anilines is 1. The molecule has 0 aliphatic rings. The largest absolute Gasteiger partial charge is 0.416 e. The average Bonchev–Trinajstić information content (AvgIpc) is 2.52. The zero-order valence-corrected chi connectivity index (χ0v) is 11.9. The fourth-order valence-corrected chi connectivity index (χ4v) is 2.05. The molecule has 0 saturated carbocycles. The lowest BCUT2D eigenvalue weighted by Gasteiger charge is -2.23. The summed E-state index contributed by atoms with van der Waals surface area (Å²) in [5, 5.41) is 13.3. The number of aliphatic hydroxyl groups excluding tert-OH is 1. The van der Waals surface area contributed by atoms with Crippen molar-refractivity contribution in [3.8, 4) is 0 Å². The number of benzene rings is 1. The van der Waals surface area contributed by atoms with Crippen molar-refractivity contribution in [3.63, 3.8) is 0 Å². The van der Waals surface area contributed by atoms with Crippen LogP contribution in [0, 0.1) is 0 Å². The van der Waals surface area contributed by atoms with E-state index in [1.165, 1.54) is 12.1 Å². The molecule has 0 fully saturated rings. The molecule has 2 atom stereocenters. The molecule has 2 unspecified atom stereocenters. The second kappa shape index (κ2) is 6.74. The summed E-state index contributed by atoms with van der Waals surface area (Å²) in [6.07, 6.45) is -1.67. The second-order valence-corrected chi connectivity index (χ2v) is 4.80. The molecule has 2 rings (SSSR count). The third kappa shape index (κ3) is 3.94. The van der Waals surface area contributed by atoms with E-state index >= 15 is 0 Å². The SMILES string of the molecule is CCC(Nc1ncccn1)C(O)c1ccc(C(F)(F)F)cc1. The van der Waals surface area contributed by atoms with Gasteiger partial charge in [0.05, 0.1) is 17.7 Å². The number of nitrogens with one attached hydrogen (secondary N) is 1. The molecule has 1 aromatic heterocycles. The predicted molar refractivity (Wildman–Crippen MR) is 76.1 cm³/mol. The summed E-state index contributed by atoms with van der Waals surface area (Å²) < 4.78 is 37.6. The molecule has 2 N–H and O–H groups in total. The van der Waals surface area contributed by atoms with Crippen LogP contribution in [-0.2, 0) is 6.18 Å². The maximum Gasteiger partial charge on any atom is 0.416 e. The van der Waals surface area contributed by atoms with Crippen molar-refractivity contribution in [2.45, 2.75) is 31.7 Å². The van der Waals surface area contributed by atoms with Gasteiger partial charge in [0, 0.05) is 12.4 Å². The van der Waals surface area contributed by atoms with Crippen LogP contribution >= 0.6 is 0 Å². The summed E-state index contributed by atoms with van der Waals surface area (Å²) in [5.41, 5.74) is -0.334. The van der Waals surface area contributed by atoms with Crippen molar-refractivity contribution in [2.24, 2.45) is 0 Å². The van der Waals surface area contributed by atoms with E-state index in [1.807, 2.05) is 6.92 Å². The minimum atomic E-state index is -4.39. The summed E-state index contributed by atoms with van der Waals surface area (Å²) in [7, 11) is 0. The highest BCUT2D eigenvalue weighted by Gasteiger charge is 2.30. The van der Waals surface area contributed by atoms with Gasteiger partial charge in [-0.25, -0.2) is 9.97 Å². The molecule has 0 aliphatic carbocycles. The van der Waals surface area contributed by atoms with Gasteiger partial charge in [-0.15, -0.1) is 0 Å². The first-order valence-electron chi connectivity index (χ1n) is 6.80. The molecule has 0 saturated heterocycles. The lowest BCUT2D eigenvalue weighted by molar-refractivity contribution is -0.137. The van der Waals surface area contributed by atoms with Crippen molar-refractivity contribution in [1.82, 2.24) is 9.97 Å². The van der Waals surface area contributed by atoms with Crippen LogP contribution in [0.4, 0.5) is 19.1 Å². The lowest BCUT2D eigenvalue weighted by Crippen LogP contribution is -2.27. The number of aromatic nitrogens is 2. The highest BCUT2D eigenvalue weighted by Crippen LogP contribution is 2.30. The first kappa shape index (κ1) is 16.2. The van der Waals surface area contributed by atoms with E-state index in [0.29, 0.717) is 17.9 Å². The number of halogens is 3. The Bertz CT molecular complexity index is 587. The van der Waals surface area contributed by atoms with Gasteiger partial charge in [0.2, 0.25) is 5.95 Å². The van der Waals surface area contributed by atoms with E-state index in [0.717, 1.165) is 12.1 Å². The van der Waals surface area contributed by atoms with Gasteiger partial charge in [0.25, 0.3) is 0 Å². The fraction of sp³-hybridized carbons (Fsp3) is 0.333. The maximum absolute atomic E-state index is 12.5. The van der Waals surface area contributed by atoms with Crippen molar-refractivity contribution in [1.29, 1.82) is 0 Å². The Morgan fingerprint density at radius 1 is 1.14 bits per heavy atom. The monoisotopic (exact) mass is 311 g/mol. The minimum Gasteiger partial charge on any atom is -0.386 e. The van der Waals surface area contributed by atoms with E-state index in [4.69, 9.17) is 0 Å². The van der Waals surface area contributed by atoms with E-state index in [1.54, 1.807) is 18.5 Å². The Balaban J connectivity index is 2.13. The van der Waals surface area contributed by atoms with Crippen molar-refractivity contribution in [2.75, 3.05) is 5.32 Å². The van der Waals surface area contributed by atoms with E-state index < -0.39 is 23.9 Å². The zero-order valence-electron chi connectivity index (χ0n) is 11.9. The van der Waals surface area contributed by atoms with Crippen molar-refractivity contribution >= 4 is 5.95 Å². The quantitative estimate of drug-likeness (QED) is 0.888. The van der Waals surface area contributed by atoms with E-state index in [-0.39, 0.29) is 0 Å². The second-order valence-electron chi connectivity index (χ2n) is 4.80. The van der Waals surface area contributed by atoms with E-state index in [2.05, 4.69) is 15.3 Å². The van der Waals surface area contributed by atoms with Crippen LogP contribution in [0.3, 0.4) is 0 Å². The molecule has 1 heterocycles. The van der Waals surface area contributed by atoms with Gasteiger partial charge >= 0.3 is 6.18 Å². The summed E-state index contributed by atoms with van der Waals surface area (Å²) in [6.45, 7) is 1.86. The van der Waals surface area contributed by atoms with Crippen LogP contribution in [0.5, 0.6) is 0 Å². The van der Waals surface area contributed by atoms with Gasteiger partial charge in [-0.3, -0.25) is 0 Å². The van der Waals surface area contributed by atoms with Crippen LogP contribution in [-0.4, -0.2) is 21.1 Å². The summed E-state index contributed by atoms with van der Waals surface area (Å²) in [4.78, 5) is 8.01. The van der Waals surface area contributed by atoms with Crippen LogP contribution in [0.15, 0.2) is 42.7 Å². The Labute approximate surface area is 126 Å². The Kier molecular flexibility index (Phi) is 4.97. The Morgan fingerprint density at radius 2 is 1.73 bits per heavy atom. The van der Waals surface area contributed by atoms with Gasteiger partial charge in [0.1, 0.15) is 0 Å². The first-order chi connectivity index (χ1) is 10.4. The van der Waals surface area contributed by atoms with Crippen LogP contribution < -0.4 is 5.32 Å². The average molecular weight is 311 g/mol. The molecule has 7 heteroatoms. The number of nitrogens with zero attached hydrogens (tertiary/aromatic N) is 2. The molecule has 118 valence electrons. The van der Waals surface area contributed by atoms with Gasteiger partial charge in [-0.1, -0.05) is 19.1 Å². The normalized spacial score (nSPS) is 14.4. The van der Waals surface area contributed by atoms with Crippen LogP contribution in [0.2, 0.25) is 0 Å².